The van der Waals surface area contributed by atoms with Crippen molar-refractivity contribution >= 4 is 17.9 Å². The van der Waals surface area contributed by atoms with Crippen LogP contribution in [-0.4, -0.2) is 34.7 Å². The molecular formula is C22H32O6. The minimum atomic E-state index is -1.29. The van der Waals surface area contributed by atoms with Crippen molar-refractivity contribution in [3.05, 3.63) is 34.9 Å². The molecule has 0 spiro atoms. The zero-order valence-corrected chi connectivity index (χ0v) is 16.7. The maximum Gasteiger partial charge on any atom is 0.338 e. The summed E-state index contributed by atoms with van der Waals surface area (Å²) in [7, 11) is 0. The summed E-state index contributed by atoms with van der Waals surface area (Å²) in [5, 5.41) is 18.1. The van der Waals surface area contributed by atoms with Crippen LogP contribution in [0.25, 0.3) is 0 Å². The molecule has 156 valence electrons. The maximum absolute atomic E-state index is 12.1. The zero-order chi connectivity index (χ0) is 20.8. The lowest BCUT2D eigenvalue weighted by molar-refractivity contribution is 0.0497. The molecule has 1 aromatic rings. The molecule has 28 heavy (non-hydrogen) atoms. The van der Waals surface area contributed by atoms with Crippen LogP contribution in [0.4, 0.5) is 0 Å². The average molecular weight is 392 g/mol. The molecule has 0 heterocycles. The van der Waals surface area contributed by atoms with Gasteiger partial charge in [0.25, 0.3) is 0 Å². The second kappa shape index (κ2) is 13.7. The van der Waals surface area contributed by atoms with Gasteiger partial charge >= 0.3 is 17.9 Å². The van der Waals surface area contributed by atoms with E-state index in [4.69, 9.17) is 14.9 Å². The number of benzene rings is 1. The summed E-state index contributed by atoms with van der Waals surface area (Å²) in [6.07, 6.45) is 13.1. The van der Waals surface area contributed by atoms with Crippen molar-refractivity contribution in [3.63, 3.8) is 0 Å². The van der Waals surface area contributed by atoms with Gasteiger partial charge in [0.05, 0.1) is 23.3 Å². The number of hydrogen-bond donors (Lipinski definition) is 2. The molecule has 0 aliphatic carbocycles. The minimum Gasteiger partial charge on any atom is -0.478 e. The number of rotatable bonds is 15. The van der Waals surface area contributed by atoms with Crippen LogP contribution < -0.4 is 0 Å². The van der Waals surface area contributed by atoms with Gasteiger partial charge in [-0.05, 0) is 24.6 Å². The highest BCUT2D eigenvalue weighted by atomic mass is 16.5. The molecule has 0 aliphatic heterocycles. The molecule has 1 rings (SSSR count). The number of esters is 1. The molecule has 6 nitrogen and oxygen atoms in total. The number of carboxylic acid groups (broad SMARTS) is 2. The molecule has 2 N–H and O–H groups in total. The molecule has 0 saturated carbocycles. The van der Waals surface area contributed by atoms with Crippen LogP contribution in [0.2, 0.25) is 0 Å². The fourth-order valence-corrected chi connectivity index (χ4v) is 3.01. The van der Waals surface area contributed by atoms with E-state index >= 15 is 0 Å². The molecule has 0 amide bonds. The fraction of sp³-hybridized carbons (Fsp3) is 0.591. The molecule has 0 saturated heterocycles. The molecule has 0 radical (unpaired) electrons. The quantitative estimate of drug-likeness (QED) is 0.300. The smallest absolute Gasteiger partial charge is 0.338 e. The van der Waals surface area contributed by atoms with Crippen LogP contribution in [0, 0.1) is 0 Å². The standard InChI is InChI=1S/C22H32O6/c1-2-3-4-5-6-7-8-9-10-11-12-13-28-22(27)19-15-17(20(23)24)14-18(16-19)21(25)26/h14-16H,2-13H2,1H3,(H,23,24)(H,25,26). The molecule has 6 heteroatoms. The Bertz CT molecular complexity index is 606. The van der Waals surface area contributed by atoms with Gasteiger partial charge in [0.1, 0.15) is 0 Å². The van der Waals surface area contributed by atoms with Gasteiger partial charge in [-0.25, -0.2) is 14.4 Å². The molecule has 0 atom stereocenters. The Morgan fingerprint density at radius 1 is 0.679 bits per heavy atom. The summed E-state index contributed by atoms with van der Waals surface area (Å²) in [6, 6.07) is 3.29. The molecule has 0 unspecified atom stereocenters. The zero-order valence-electron chi connectivity index (χ0n) is 16.7. The molecule has 0 aliphatic rings. The first-order valence-corrected chi connectivity index (χ1v) is 10.2. The first-order chi connectivity index (χ1) is 13.5. The van der Waals surface area contributed by atoms with E-state index in [0.717, 1.165) is 37.5 Å². The lowest BCUT2D eigenvalue weighted by Crippen LogP contribution is -2.11. The predicted octanol–water partition coefficient (Wildman–Crippen LogP) is 5.55. The van der Waals surface area contributed by atoms with Crippen molar-refractivity contribution in [1.29, 1.82) is 0 Å². The van der Waals surface area contributed by atoms with Crippen LogP contribution >= 0.6 is 0 Å². The van der Waals surface area contributed by atoms with E-state index in [-0.39, 0.29) is 23.3 Å². The third kappa shape index (κ3) is 9.53. The van der Waals surface area contributed by atoms with Crippen LogP contribution in [-0.2, 0) is 4.74 Å². The number of aromatic carboxylic acids is 2. The Hall–Kier alpha value is -2.37. The normalized spacial score (nSPS) is 10.6. The van der Waals surface area contributed by atoms with Gasteiger partial charge in [-0.15, -0.1) is 0 Å². The van der Waals surface area contributed by atoms with Crippen molar-refractivity contribution in [2.24, 2.45) is 0 Å². The highest BCUT2D eigenvalue weighted by Gasteiger charge is 2.16. The highest BCUT2D eigenvalue weighted by molar-refractivity contribution is 5.99. The lowest BCUT2D eigenvalue weighted by atomic mass is 10.1. The summed E-state index contributed by atoms with van der Waals surface area (Å²) < 4.78 is 5.16. The maximum atomic E-state index is 12.1. The topological polar surface area (TPSA) is 101 Å². The van der Waals surface area contributed by atoms with Crippen molar-refractivity contribution in [3.8, 4) is 0 Å². The lowest BCUT2D eigenvalue weighted by Gasteiger charge is -2.07. The minimum absolute atomic E-state index is 0.0552. The van der Waals surface area contributed by atoms with Crippen LogP contribution in [0.3, 0.4) is 0 Å². The summed E-state index contributed by atoms with van der Waals surface area (Å²) in [6.45, 7) is 2.47. The Morgan fingerprint density at radius 2 is 1.07 bits per heavy atom. The van der Waals surface area contributed by atoms with Gasteiger partial charge in [-0.3, -0.25) is 0 Å². The van der Waals surface area contributed by atoms with Crippen molar-refractivity contribution in [2.75, 3.05) is 6.61 Å². The van der Waals surface area contributed by atoms with Crippen molar-refractivity contribution in [2.45, 2.75) is 77.6 Å². The Balaban J connectivity index is 2.23. The summed E-state index contributed by atoms with van der Waals surface area (Å²) in [4.78, 5) is 34.2. The summed E-state index contributed by atoms with van der Waals surface area (Å²) in [5.41, 5.74) is -0.552. The monoisotopic (exact) mass is 392 g/mol. The van der Waals surface area contributed by atoms with Crippen LogP contribution in [0.1, 0.15) is 109 Å². The number of unbranched alkanes of at least 4 members (excludes halogenated alkanes) is 10. The van der Waals surface area contributed by atoms with Crippen LogP contribution in [0.15, 0.2) is 18.2 Å². The first kappa shape index (κ1) is 23.7. The summed E-state index contributed by atoms with van der Waals surface area (Å²) >= 11 is 0. The van der Waals surface area contributed by atoms with E-state index in [1.54, 1.807) is 0 Å². The fourth-order valence-electron chi connectivity index (χ4n) is 3.01. The van der Waals surface area contributed by atoms with Crippen molar-refractivity contribution in [1.82, 2.24) is 0 Å². The molecular weight excluding hydrogens is 360 g/mol. The van der Waals surface area contributed by atoms with E-state index in [9.17, 15) is 14.4 Å². The molecule has 1 aromatic carbocycles. The molecule has 0 fully saturated rings. The number of ether oxygens (including phenoxy) is 1. The van der Waals surface area contributed by atoms with E-state index in [1.807, 2.05) is 0 Å². The largest absolute Gasteiger partial charge is 0.478 e. The Kier molecular flexibility index (Phi) is 11.6. The van der Waals surface area contributed by atoms with Crippen molar-refractivity contribution < 1.29 is 29.3 Å². The second-order valence-electron chi connectivity index (χ2n) is 7.08. The third-order valence-corrected chi connectivity index (χ3v) is 4.64. The molecule has 0 aromatic heterocycles. The highest BCUT2D eigenvalue weighted by Crippen LogP contribution is 2.14. The summed E-state index contributed by atoms with van der Waals surface area (Å²) in [5.74, 6) is -3.28. The van der Waals surface area contributed by atoms with Gasteiger partial charge < -0.3 is 14.9 Å². The first-order valence-electron chi connectivity index (χ1n) is 10.2. The van der Waals surface area contributed by atoms with E-state index in [1.165, 1.54) is 51.4 Å². The predicted molar refractivity (Wildman–Crippen MR) is 107 cm³/mol. The SMILES string of the molecule is CCCCCCCCCCCCCOC(=O)c1cc(C(=O)O)cc(C(=O)O)c1. The second-order valence-corrected chi connectivity index (χ2v) is 7.08. The third-order valence-electron chi connectivity index (χ3n) is 4.64. The Morgan fingerprint density at radius 3 is 1.50 bits per heavy atom. The van der Waals surface area contributed by atoms with Gasteiger partial charge in [-0.1, -0.05) is 71.1 Å². The van der Waals surface area contributed by atoms with Crippen LogP contribution in [0.5, 0.6) is 0 Å². The van der Waals surface area contributed by atoms with Gasteiger partial charge in [-0.2, -0.15) is 0 Å². The van der Waals surface area contributed by atoms with E-state index in [0.29, 0.717) is 0 Å². The number of carbonyl (C=O) groups is 3. The number of carbonyl (C=O) groups excluding carboxylic acids is 1. The van der Waals surface area contributed by atoms with Gasteiger partial charge in [0.15, 0.2) is 0 Å². The number of hydrogen-bond acceptors (Lipinski definition) is 4. The molecule has 0 bridgehead atoms. The Labute approximate surface area is 166 Å². The van der Waals surface area contributed by atoms with E-state index in [2.05, 4.69) is 6.92 Å². The van der Waals surface area contributed by atoms with Gasteiger partial charge in [0.2, 0.25) is 0 Å². The number of carboxylic acids is 2. The average Bonchev–Trinajstić information content (AvgIpc) is 2.68. The van der Waals surface area contributed by atoms with E-state index < -0.39 is 17.9 Å². The van der Waals surface area contributed by atoms with Gasteiger partial charge in [0, 0.05) is 0 Å².